The number of benzene rings is 4. The highest BCUT2D eigenvalue weighted by Crippen LogP contribution is 2.30. The third kappa shape index (κ3) is 2.55. The van der Waals surface area contributed by atoms with E-state index in [1.165, 1.54) is 5.39 Å². The summed E-state index contributed by atoms with van der Waals surface area (Å²) in [5.74, 6) is 0.244. The van der Waals surface area contributed by atoms with Crippen LogP contribution >= 0.6 is 0 Å². The maximum atomic E-state index is 12.3. The highest BCUT2D eigenvalue weighted by Gasteiger charge is 2.10. The summed E-state index contributed by atoms with van der Waals surface area (Å²) < 4.78 is 5.62. The summed E-state index contributed by atoms with van der Waals surface area (Å²) in [6, 6.07) is 27.2. The predicted molar refractivity (Wildman–Crippen MR) is 92.9 cm³/mol. The van der Waals surface area contributed by atoms with Crippen molar-refractivity contribution in [2.75, 3.05) is 0 Å². The monoisotopic (exact) mass is 298 g/mol. The van der Waals surface area contributed by atoms with Gasteiger partial charge in [-0.3, -0.25) is 0 Å². The number of carbonyl (C=O) groups is 1. The van der Waals surface area contributed by atoms with E-state index in [-0.39, 0.29) is 5.97 Å². The number of carbonyl (C=O) groups excluding carboxylic acids is 1. The van der Waals surface area contributed by atoms with Gasteiger partial charge in [0, 0.05) is 5.39 Å². The molecule has 4 rings (SSSR count). The van der Waals surface area contributed by atoms with Crippen LogP contribution in [0.1, 0.15) is 10.4 Å². The number of esters is 1. The SMILES string of the molecule is O=C(Oc1cccc2cc3ccccc3cc12)c1ccccc1. The summed E-state index contributed by atoms with van der Waals surface area (Å²) in [5.41, 5.74) is 0.547. The van der Waals surface area contributed by atoms with Gasteiger partial charge in [-0.05, 0) is 46.5 Å². The quantitative estimate of drug-likeness (QED) is 0.288. The van der Waals surface area contributed by atoms with E-state index in [1.807, 2.05) is 48.5 Å². The molecule has 0 amide bonds. The van der Waals surface area contributed by atoms with Crippen LogP contribution in [0.3, 0.4) is 0 Å². The molecule has 4 aromatic rings. The number of ether oxygens (including phenoxy) is 1. The van der Waals surface area contributed by atoms with Gasteiger partial charge in [-0.1, -0.05) is 54.6 Å². The molecule has 0 saturated carbocycles. The summed E-state index contributed by atoms with van der Waals surface area (Å²) >= 11 is 0. The molecule has 0 spiro atoms. The first-order valence-electron chi connectivity index (χ1n) is 7.50. The smallest absolute Gasteiger partial charge is 0.343 e. The average molecular weight is 298 g/mol. The van der Waals surface area contributed by atoms with Crippen LogP contribution in [0, 0.1) is 0 Å². The van der Waals surface area contributed by atoms with Gasteiger partial charge >= 0.3 is 5.97 Å². The van der Waals surface area contributed by atoms with Gasteiger partial charge in [0.1, 0.15) is 5.75 Å². The zero-order chi connectivity index (χ0) is 15.6. The Balaban J connectivity index is 1.80. The molecule has 23 heavy (non-hydrogen) atoms. The second-order valence-corrected chi connectivity index (χ2v) is 5.43. The van der Waals surface area contributed by atoms with Crippen molar-refractivity contribution < 1.29 is 9.53 Å². The number of fused-ring (bicyclic) bond motifs is 2. The fraction of sp³-hybridized carbons (Fsp3) is 0. The maximum Gasteiger partial charge on any atom is 0.343 e. The standard InChI is InChI=1S/C21H14O2/c22-21(15-7-2-1-3-8-15)23-20-12-6-11-18-13-16-9-4-5-10-17(16)14-19(18)20/h1-14H. The minimum absolute atomic E-state index is 0.341. The Hall–Kier alpha value is -3.13. The van der Waals surface area contributed by atoms with Gasteiger partial charge in [-0.25, -0.2) is 4.79 Å². The lowest BCUT2D eigenvalue weighted by atomic mass is 10.0. The van der Waals surface area contributed by atoms with Crippen LogP contribution in [0.15, 0.2) is 84.9 Å². The van der Waals surface area contributed by atoms with E-state index in [2.05, 4.69) is 24.3 Å². The molecule has 0 fully saturated rings. The van der Waals surface area contributed by atoms with Crippen molar-refractivity contribution in [2.45, 2.75) is 0 Å². The molecule has 0 bridgehead atoms. The fourth-order valence-electron chi connectivity index (χ4n) is 2.76. The van der Waals surface area contributed by atoms with Crippen molar-refractivity contribution in [3.63, 3.8) is 0 Å². The maximum absolute atomic E-state index is 12.3. The molecule has 2 nitrogen and oxygen atoms in total. The van der Waals surface area contributed by atoms with Crippen molar-refractivity contribution in [2.24, 2.45) is 0 Å². The molecule has 0 saturated heterocycles. The third-order valence-corrected chi connectivity index (χ3v) is 3.92. The first-order valence-corrected chi connectivity index (χ1v) is 7.50. The van der Waals surface area contributed by atoms with E-state index >= 15 is 0 Å². The van der Waals surface area contributed by atoms with E-state index in [0.29, 0.717) is 11.3 Å². The highest BCUT2D eigenvalue weighted by molar-refractivity contribution is 6.02. The number of rotatable bonds is 2. The summed E-state index contributed by atoms with van der Waals surface area (Å²) in [7, 11) is 0. The molecule has 0 aromatic heterocycles. The van der Waals surface area contributed by atoms with Gasteiger partial charge in [0.15, 0.2) is 0 Å². The van der Waals surface area contributed by atoms with E-state index in [0.717, 1.165) is 16.2 Å². The van der Waals surface area contributed by atoms with Gasteiger partial charge in [-0.15, -0.1) is 0 Å². The second-order valence-electron chi connectivity index (χ2n) is 5.43. The molecule has 0 N–H and O–H groups in total. The van der Waals surface area contributed by atoms with E-state index in [4.69, 9.17) is 4.74 Å². The fourth-order valence-corrected chi connectivity index (χ4v) is 2.76. The third-order valence-electron chi connectivity index (χ3n) is 3.92. The molecular weight excluding hydrogens is 284 g/mol. The van der Waals surface area contributed by atoms with E-state index in [9.17, 15) is 4.79 Å². The van der Waals surface area contributed by atoms with Gasteiger partial charge in [0.25, 0.3) is 0 Å². The predicted octanol–water partition coefficient (Wildman–Crippen LogP) is 5.21. The van der Waals surface area contributed by atoms with Crippen molar-refractivity contribution in [1.82, 2.24) is 0 Å². The Morgan fingerprint density at radius 3 is 2.09 bits per heavy atom. The summed E-state index contributed by atoms with van der Waals surface area (Å²) in [5, 5.41) is 4.30. The Bertz CT molecular complexity index is 1000. The first-order chi connectivity index (χ1) is 11.3. The Morgan fingerprint density at radius 1 is 0.652 bits per heavy atom. The lowest BCUT2D eigenvalue weighted by Crippen LogP contribution is -2.08. The number of hydrogen-bond donors (Lipinski definition) is 0. The van der Waals surface area contributed by atoms with Crippen molar-refractivity contribution in [1.29, 1.82) is 0 Å². The van der Waals surface area contributed by atoms with Crippen molar-refractivity contribution >= 4 is 27.5 Å². The topological polar surface area (TPSA) is 26.3 Å². The minimum atomic E-state index is -0.341. The van der Waals surface area contributed by atoms with Gasteiger partial charge in [0.2, 0.25) is 0 Å². The normalized spacial score (nSPS) is 10.8. The van der Waals surface area contributed by atoms with Crippen LogP contribution in [0.5, 0.6) is 5.75 Å². The summed E-state index contributed by atoms with van der Waals surface area (Å²) in [4.78, 5) is 12.3. The Morgan fingerprint density at radius 2 is 1.30 bits per heavy atom. The lowest BCUT2D eigenvalue weighted by molar-refractivity contribution is 0.0737. The Labute approximate surface area is 133 Å². The Kier molecular flexibility index (Phi) is 3.28. The molecule has 0 atom stereocenters. The van der Waals surface area contributed by atoms with Crippen LogP contribution in [-0.4, -0.2) is 5.97 Å². The molecule has 0 aliphatic rings. The molecule has 4 aromatic carbocycles. The number of hydrogen-bond acceptors (Lipinski definition) is 2. The molecule has 0 unspecified atom stereocenters. The van der Waals surface area contributed by atoms with Crippen LogP contribution in [-0.2, 0) is 0 Å². The summed E-state index contributed by atoms with van der Waals surface area (Å²) in [6.07, 6.45) is 0. The molecule has 0 aliphatic heterocycles. The zero-order valence-corrected chi connectivity index (χ0v) is 12.4. The van der Waals surface area contributed by atoms with Crippen LogP contribution in [0.4, 0.5) is 0 Å². The minimum Gasteiger partial charge on any atom is -0.422 e. The average Bonchev–Trinajstić information content (AvgIpc) is 2.61. The molecule has 0 radical (unpaired) electrons. The molecular formula is C21H14O2. The van der Waals surface area contributed by atoms with Crippen LogP contribution < -0.4 is 4.74 Å². The second kappa shape index (κ2) is 5.58. The van der Waals surface area contributed by atoms with Gasteiger partial charge in [-0.2, -0.15) is 0 Å². The van der Waals surface area contributed by atoms with E-state index < -0.39 is 0 Å². The van der Waals surface area contributed by atoms with Crippen LogP contribution in [0.2, 0.25) is 0 Å². The molecule has 2 heteroatoms. The lowest BCUT2D eigenvalue weighted by Gasteiger charge is -2.09. The largest absolute Gasteiger partial charge is 0.422 e. The van der Waals surface area contributed by atoms with E-state index in [1.54, 1.807) is 12.1 Å². The van der Waals surface area contributed by atoms with Gasteiger partial charge in [0.05, 0.1) is 5.56 Å². The van der Waals surface area contributed by atoms with Crippen molar-refractivity contribution in [3.05, 3.63) is 90.5 Å². The molecule has 0 heterocycles. The molecule has 110 valence electrons. The van der Waals surface area contributed by atoms with Gasteiger partial charge < -0.3 is 4.74 Å². The van der Waals surface area contributed by atoms with Crippen molar-refractivity contribution in [3.8, 4) is 5.75 Å². The molecule has 0 aliphatic carbocycles. The van der Waals surface area contributed by atoms with Crippen LogP contribution in [0.25, 0.3) is 21.5 Å². The zero-order valence-electron chi connectivity index (χ0n) is 12.4. The highest BCUT2D eigenvalue weighted by atomic mass is 16.5. The summed E-state index contributed by atoms with van der Waals surface area (Å²) in [6.45, 7) is 0. The first kappa shape index (κ1) is 13.5.